The number of sulfone groups is 2. The summed E-state index contributed by atoms with van der Waals surface area (Å²) in [4.78, 5) is 5.08. The first-order valence-electron chi connectivity index (χ1n) is 11.1. The van der Waals surface area contributed by atoms with Crippen molar-refractivity contribution < 1.29 is 16.8 Å². The van der Waals surface area contributed by atoms with E-state index in [1.807, 2.05) is 6.07 Å². The molecule has 0 unspecified atom stereocenters. The Morgan fingerprint density at radius 1 is 0.647 bits per heavy atom. The standard InChI is InChI=1S/C14H19ClN2O2S.C9H8Cl2O2S/c1-16-4-6-17(7-5-16)12-8-11(15)9-14(10-12)20(18,19)13-2-3-13;10-6-3-7(11)5-9(4-6)14(12,13)8-1-2-8/h8-10,13H,2-7H2,1H3;3-5,8H,1-2H2. The van der Waals surface area contributed by atoms with Gasteiger partial charge in [-0.15, -0.1) is 0 Å². The van der Waals surface area contributed by atoms with Gasteiger partial charge in [-0.3, -0.25) is 0 Å². The molecule has 3 aliphatic rings. The van der Waals surface area contributed by atoms with Gasteiger partial charge >= 0.3 is 0 Å². The summed E-state index contributed by atoms with van der Waals surface area (Å²) in [5.41, 5.74) is 0.921. The first-order valence-corrected chi connectivity index (χ1v) is 15.4. The maximum Gasteiger partial charge on any atom is 0.181 e. The second kappa shape index (κ2) is 10.1. The van der Waals surface area contributed by atoms with E-state index < -0.39 is 19.7 Å². The van der Waals surface area contributed by atoms with Crippen molar-refractivity contribution in [2.45, 2.75) is 46.0 Å². The van der Waals surface area contributed by atoms with E-state index in [1.165, 1.54) is 18.2 Å². The van der Waals surface area contributed by atoms with Crippen LogP contribution < -0.4 is 4.90 Å². The molecule has 0 amide bonds. The molecule has 2 aliphatic carbocycles. The van der Waals surface area contributed by atoms with Gasteiger partial charge in [0, 0.05) is 46.9 Å². The lowest BCUT2D eigenvalue weighted by Crippen LogP contribution is -2.44. The molecule has 2 aromatic carbocycles. The predicted molar refractivity (Wildman–Crippen MR) is 138 cm³/mol. The summed E-state index contributed by atoms with van der Waals surface area (Å²) in [6.45, 7) is 3.77. The maximum atomic E-state index is 12.3. The summed E-state index contributed by atoms with van der Waals surface area (Å²) in [6, 6.07) is 9.63. The molecule has 186 valence electrons. The van der Waals surface area contributed by atoms with Gasteiger partial charge in [0.25, 0.3) is 0 Å². The van der Waals surface area contributed by atoms with Gasteiger partial charge in [-0.2, -0.15) is 0 Å². The number of halogens is 3. The normalized spacial score (nSPS) is 19.5. The van der Waals surface area contributed by atoms with Crippen molar-refractivity contribution in [1.82, 2.24) is 4.90 Å². The minimum atomic E-state index is -3.18. The van der Waals surface area contributed by atoms with Crippen LogP contribution in [0.15, 0.2) is 46.2 Å². The van der Waals surface area contributed by atoms with Gasteiger partial charge in [0.2, 0.25) is 0 Å². The molecule has 2 aromatic rings. The van der Waals surface area contributed by atoms with Crippen LogP contribution in [0.4, 0.5) is 5.69 Å². The summed E-state index contributed by atoms with van der Waals surface area (Å²) in [7, 11) is -4.27. The van der Waals surface area contributed by atoms with E-state index in [-0.39, 0.29) is 15.4 Å². The van der Waals surface area contributed by atoms with Crippen molar-refractivity contribution in [2.24, 2.45) is 0 Å². The van der Waals surface area contributed by atoms with Crippen LogP contribution in [0, 0.1) is 0 Å². The van der Waals surface area contributed by atoms with E-state index in [2.05, 4.69) is 16.8 Å². The van der Waals surface area contributed by atoms with Crippen LogP contribution in [0.2, 0.25) is 15.1 Å². The van der Waals surface area contributed by atoms with E-state index in [4.69, 9.17) is 34.8 Å². The van der Waals surface area contributed by atoms with Crippen LogP contribution in [0.5, 0.6) is 0 Å². The molecule has 0 radical (unpaired) electrons. The van der Waals surface area contributed by atoms with Crippen molar-refractivity contribution in [3.05, 3.63) is 51.5 Å². The Morgan fingerprint density at radius 3 is 1.50 bits per heavy atom. The third kappa shape index (κ3) is 6.20. The molecule has 5 rings (SSSR count). The summed E-state index contributed by atoms with van der Waals surface area (Å²) in [5.74, 6) is 0. The number of hydrogen-bond acceptors (Lipinski definition) is 6. The molecule has 2 saturated carbocycles. The maximum absolute atomic E-state index is 12.3. The van der Waals surface area contributed by atoms with Gasteiger partial charge < -0.3 is 9.80 Å². The zero-order valence-electron chi connectivity index (χ0n) is 18.8. The van der Waals surface area contributed by atoms with E-state index in [1.54, 1.807) is 12.1 Å². The fraction of sp³-hybridized carbons (Fsp3) is 0.478. The molecule has 6 nitrogen and oxygen atoms in total. The van der Waals surface area contributed by atoms with Crippen LogP contribution >= 0.6 is 34.8 Å². The Morgan fingerprint density at radius 2 is 1.06 bits per heavy atom. The molecule has 34 heavy (non-hydrogen) atoms. The van der Waals surface area contributed by atoms with Gasteiger partial charge in [0.1, 0.15) is 0 Å². The molecule has 3 fully saturated rings. The van der Waals surface area contributed by atoms with Crippen molar-refractivity contribution in [3.63, 3.8) is 0 Å². The number of anilines is 1. The minimum absolute atomic E-state index is 0.193. The largest absolute Gasteiger partial charge is 0.369 e. The molecular formula is C23H27Cl3N2O4S2. The number of hydrogen-bond donors (Lipinski definition) is 0. The van der Waals surface area contributed by atoms with E-state index >= 15 is 0 Å². The molecule has 0 aromatic heterocycles. The van der Waals surface area contributed by atoms with Gasteiger partial charge in [-0.25, -0.2) is 16.8 Å². The first-order chi connectivity index (χ1) is 16.0. The summed E-state index contributed by atoms with van der Waals surface area (Å²) < 4.78 is 48.3. The Kier molecular flexibility index (Phi) is 7.77. The smallest absolute Gasteiger partial charge is 0.181 e. The minimum Gasteiger partial charge on any atom is -0.369 e. The summed E-state index contributed by atoms with van der Waals surface area (Å²) in [6.07, 6.45) is 3.04. The Balaban J connectivity index is 0.000000172. The molecule has 1 heterocycles. The van der Waals surface area contributed by atoms with Crippen LogP contribution in [-0.2, 0) is 19.7 Å². The lowest BCUT2D eigenvalue weighted by molar-refractivity contribution is 0.313. The number of piperazine rings is 1. The number of rotatable bonds is 5. The molecule has 1 aliphatic heterocycles. The molecule has 0 N–H and O–H groups in total. The van der Waals surface area contributed by atoms with E-state index in [0.717, 1.165) is 57.5 Å². The predicted octanol–water partition coefficient (Wildman–Crippen LogP) is 4.96. The zero-order valence-corrected chi connectivity index (χ0v) is 22.7. The van der Waals surface area contributed by atoms with Gasteiger partial charge in [0.15, 0.2) is 19.7 Å². The fourth-order valence-corrected chi connectivity index (χ4v) is 8.19. The first kappa shape index (κ1) is 26.0. The molecule has 0 atom stereocenters. The lowest BCUT2D eigenvalue weighted by Gasteiger charge is -2.34. The van der Waals surface area contributed by atoms with Gasteiger partial charge in [-0.1, -0.05) is 34.8 Å². The fourth-order valence-electron chi connectivity index (χ4n) is 3.79. The average molecular weight is 566 g/mol. The van der Waals surface area contributed by atoms with Crippen molar-refractivity contribution in [1.29, 1.82) is 0 Å². The molecule has 0 spiro atoms. The quantitative estimate of drug-likeness (QED) is 0.510. The van der Waals surface area contributed by atoms with Crippen molar-refractivity contribution >= 4 is 60.2 Å². The number of likely N-dealkylation sites (N-methyl/N-ethyl adjacent to an activating group) is 1. The van der Waals surface area contributed by atoms with Crippen LogP contribution in [0.3, 0.4) is 0 Å². The van der Waals surface area contributed by atoms with Crippen LogP contribution in [0.25, 0.3) is 0 Å². The summed E-state index contributed by atoms with van der Waals surface area (Å²) in [5, 5.41) is 0.799. The van der Waals surface area contributed by atoms with E-state index in [9.17, 15) is 16.8 Å². The monoisotopic (exact) mass is 564 g/mol. The second-order valence-corrected chi connectivity index (χ2v) is 14.8. The number of benzene rings is 2. The highest BCUT2D eigenvalue weighted by atomic mass is 35.5. The Bertz CT molecular complexity index is 1250. The Labute approximate surface area is 216 Å². The average Bonchev–Trinajstić information content (AvgIpc) is 3.65. The van der Waals surface area contributed by atoms with Crippen molar-refractivity contribution in [2.75, 3.05) is 38.1 Å². The SMILES string of the molecule is CN1CCN(c2cc(Cl)cc(S(=O)(=O)C3CC3)c2)CC1.O=S(=O)(c1cc(Cl)cc(Cl)c1)C1CC1. The second-order valence-electron chi connectivity index (χ2n) is 9.03. The molecule has 11 heteroatoms. The third-order valence-corrected chi connectivity index (χ3v) is 11.3. The molecule has 1 saturated heterocycles. The van der Waals surface area contributed by atoms with Gasteiger partial charge in [0.05, 0.1) is 20.3 Å². The highest BCUT2D eigenvalue weighted by Crippen LogP contribution is 2.37. The topological polar surface area (TPSA) is 74.8 Å². The highest BCUT2D eigenvalue weighted by molar-refractivity contribution is 7.92. The molecule has 0 bridgehead atoms. The zero-order chi connectivity index (χ0) is 24.7. The highest BCUT2D eigenvalue weighted by Gasteiger charge is 2.38. The van der Waals surface area contributed by atoms with Crippen LogP contribution in [-0.4, -0.2) is 65.5 Å². The summed E-state index contributed by atoms with van der Waals surface area (Å²) >= 11 is 17.6. The van der Waals surface area contributed by atoms with Crippen molar-refractivity contribution in [3.8, 4) is 0 Å². The van der Waals surface area contributed by atoms with Gasteiger partial charge in [-0.05, 0) is 69.1 Å². The molecular weight excluding hydrogens is 539 g/mol. The Hall–Kier alpha value is -1.03. The van der Waals surface area contributed by atoms with Crippen LogP contribution in [0.1, 0.15) is 25.7 Å². The number of nitrogens with zero attached hydrogens (tertiary/aromatic N) is 2. The third-order valence-electron chi connectivity index (χ3n) is 6.14. The van der Waals surface area contributed by atoms with E-state index in [0.29, 0.717) is 20.0 Å². The lowest BCUT2D eigenvalue weighted by atomic mass is 10.2.